The van der Waals surface area contributed by atoms with Gasteiger partial charge in [-0.2, -0.15) is 13.2 Å². The van der Waals surface area contributed by atoms with Crippen LogP contribution in [0.1, 0.15) is 17.2 Å². The van der Waals surface area contributed by atoms with Crippen molar-refractivity contribution in [2.24, 2.45) is 0 Å². The number of carbonyl (C=O) groups is 2. The normalized spacial score (nSPS) is 16.1. The van der Waals surface area contributed by atoms with Gasteiger partial charge in [0.1, 0.15) is 11.9 Å². The maximum atomic E-state index is 12.7. The van der Waals surface area contributed by atoms with E-state index < -0.39 is 29.7 Å². The minimum absolute atomic E-state index is 0.443. The molecule has 2 heterocycles. The third-order valence-corrected chi connectivity index (χ3v) is 4.91. The van der Waals surface area contributed by atoms with Crippen molar-refractivity contribution in [3.63, 3.8) is 0 Å². The van der Waals surface area contributed by atoms with Gasteiger partial charge in [-0.15, -0.1) is 0 Å². The van der Waals surface area contributed by atoms with Gasteiger partial charge in [0.25, 0.3) is 0 Å². The molecule has 160 valence electrons. The highest BCUT2D eigenvalue weighted by Gasteiger charge is 2.33. The van der Waals surface area contributed by atoms with E-state index in [2.05, 4.69) is 15.6 Å². The number of anilines is 1. The number of urea groups is 1. The van der Waals surface area contributed by atoms with Crippen molar-refractivity contribution in [3.8, 4) is 0 Å². The number of amides is 3. The molecule has 7 nitrogen and oxygen atoms in total. The first kappa shape index (κ1) is 21.6. The Morgan fingerprint density at radius 1 is 1.03 bits per heavy atom. The van der Waals surface area contributed by atoms with Crippen LogP contribution in [0.15, 0.2) is 48.7 Å². The van der Waals surface area contributed by atoms with E-state index in [-0.39, 0.29) is 0 Å². The molecule has 2 aromatic rings. The molecule has 1 aromatic carbocycles. The predicted octanol–water partition coefficient (Wildman–Crippen LogP) is 2.42. The Bertz CT molecular complexity index is 866. The van der Waals surface area contributed by atoms with Crippen LogP contribution >= 0.6 is 0 Å². The predicted molar refractivity (Wildman–Crippen MR) is 105 cm³/mol. The molecular formula is C20H22F3N5O2. The second kappa shape index (κ2) is 9.12. The molecule has 2 N–H and O–H groups in total. The summed E-state index contributed by atoms with van der Waals surface area (Å²) in [5.74, 6) is 0.00961. The minimum Gasteiger partial charge on any atom is -0.354 e. The molecular weight excluding hydrogens is 399 g/mol. The Hall–Kier alpha value is -3.14. The van der Waals surface area contributed by atoms with Crippen LogP contribution in [0.5, 0.6) is 0 Å². The Morgan fingerprint density at radius 2 is 1.70 bits per heavy atom. The maximum absolute atomic E-state index is 12.7. The van der Waals surface area contributed by atoms with Gasteiger partial charge in [0, 0.05) is 39.4 Å². The number of aromatic nitrogens is 1. The first-order valence-corrected chi connectivity index (χ1v) is 9.39. The average molecular weight is 421 g/mol. The van der Waals surface area contributed by atoms with Crippen LogP contribution in [0, 0.1) is 0 Å². The molecule has 1 saturated heterocycles. The number of halogens is 3. The highest BCUT2D eigenvalue weighted by molar-refractivity contribution is 5.97. The van der Waals surface area contributed by atoms with Crippen LogP contribution in [0.25, 0.3) is 0 Å². The molecule has 3 rings (SSSR count). The van der Waals surface area contributed by atoms with Crippen LogP contribution in [0.4, 0.5) is 23.8 Å². The summed E-state index contributed by atoms with van der Waals surface area (Å²) < 4.78 is 38.2. The van der Waals surface area contributed by atoms with E-state index in [0.29, 0.717) is 32.0 Å². The topological polar surface area (TPSA) is 77.6 Å². The molecule has 10 heteroatoms. The third kappa shape index (κ3) is 5.07. The summed E-state index contributed by atoms with van der Waals surface area (Å²) in [5, 5.41) is 4.69. The van der Waals surface area contributed by atoms with Gasteiger partial charge in [0.05, 0.1) is 5.56 Å². The largest absolute Gasteiger partial charge is 0.417 e. The lowest BCUT2D eigenvalue weighted by molar-refractivity contribution is -0.137. The number of imide groups is 1. The van der Waals surface area contributed by atoms with E-state index in [0.717, 1.165) is 17.8 Å². The van der Waals surface area contributed by atoms with Crippen LogP contribution in [-0.2, 0) is 11.0 Å². The maximum Gasteiger partial charge on any atom is 0.417 e. The number of pyridine rings is 1. The molecule has 1 aliphatic rings. The Morgan fingerprint density at radius 3 is 2.23 bits per heavy atom. The van der Waals surface area contributed by atoms with Crippen LogP contribution in [0.3, 0.4) is 0 Å². The van der Waals surface area contributed by atoms with Gasteiger partial charge in [0.15, 0.2) is 0 Å². The zero-order valence-electron chi connectivity index (χ0n) is 16.3. The summed E-state index contributed by atoms with van der Waals surface area (Å²) in [7, 11) is 1.43. The number of benzene rings is 1. The Balaban J connectivity index is 1.71. The van der Waals surface area contributed by atoms with Crippen molar-refractivity contribution in [1.29, 1.82) is 0 Å². The van der Waals surface area contributed by atoms with Crippen molar-refractivity contribution in [2.45, 2.75) is 12.2 Å². The van der Waals surface area contributed by atoms with Gasteiger partial charge in [-0.05, 0) is 17.7 Å². The fourth-order valence-electron chi connectivity index (χ4n) is 3.36. The van der Waals surface area contributed by atoms with Crippen molar-refractivity contribution >= 4 is 17.8 Å². The summed E-state index contributed by atoms with van der Waals surface area (Å²) in [6.45, 7) is 1.91. The fraction of sp³-hybridized carbons (Fsp3) is 0.350. The van der Waals surface area contributed by atoms with Gasteiger partial charge < -0.3 is 10.2 Å². The molecule has 0 saturated carbocycles. The highest BCUT2D eigenvalue weighted by atomic mass is 19.4. The number of nitrogens with zero attached hydrogens (tertiary/aromatic N) is 3. The third-order valence-electron chi connectivity index (χ3n) is 4.91. The fourth-order valence-corrected chi connectivity index (χ4v) is 3.36. The molecule has 0 radical (unpaired) electrons. The standard InChI is InChI=1S/C20H22F3N5O2/c1-24-19(30)26-18(29)17(14-5-3-2-4-6-14)28-11-9-27(10-12-28)16-8-7-15(13-25-16)20(21,22)23/h2-8,13,17H,9-12H2,1H3,(H2,24,26,29,30). The van der Waals surface area contributed by atoms with E-state index in [1.54, 1.807) is 0 Å². The number of hydrogen-bond acceptors (Lipinski definition) is 5. The second-order valence-electron chi connectivity index (χ2n) is 6.81. The van der Waals surface area contributed by atoms with Gasteiger partial charge in [-0.1, -0.05) is 30.3 Å². The summed E-state index contributed by atoms with van der Waals surface area (Å²) in [6, 6.07) is 10.2. The van der Waals surface area contributed by atoms with Crippen molar-refractivity contribution in [1.82, 2.24) is 20.5 Å². The van der Waals surface area contributed by atoms with Crippen LogP contribution in [-0.4, -0.2) is 55.0 Å². The Labute approximate surface area is 171 Å². The van der Waals surface area contributed by atoms with Crippen molar-refractivity contribution < 1.29 is 22.8 Å². The molecule has 30 heavy (non-hydrogen) atoms. The van der Waals surface area contributed by atoms with Crippen molar-refractivity contribution in [3.05, 3.63) is 59.8 Å². The lowest BCUT2D eigenvalue weighted by Crippen LogP contribution is -2.52. The number of hydrogen-bond donors (Lipinski definition) is 2. The summed E-state index contributed by atoms with van der Waals surface area (Å²) in [4.78, 5) is 32.1. The molecule has 0 aliphatic carbocycles. The zero-order chi connectivity index (χ0) is 21.7. The quantitative estimate of drug-likeness (QED) is 0.793. The van der Waals surface area contributed by atoms with Crippen LogP contribution in [0.2, 0.25) is 0 Å². The molecule has 0 spiro atoms. The number of rotatable bonds is 4. The SMILES string of the molecule is CNC(=O)NC(=O)C(c1ccccc1)N1CCN(c2ccc(C(F)(F)F)cn2)CC1. The highest BCUT2D eigenvalue weighted by Crippen LogP contribution is 2.30. The summed E-state index contributed by atoms with van der Waals surface area (Å²) >= 11 is 0. The van der Waals surface area contributed by atoms with Gasteiger partial charge in [0.2, 0.25) is 5.91 Å². The molecule has 1 unspecified atom stereocenters. The molecule has 1 aliphatic heterocycles. The number of carbonyl (C=O) groups excluding carboxylic acids is 2. The first-order chi connectivity index (χ1) is 14.3. The smallest absolute Gasteiger partial charge is 0.354 e. The monoisotopic (exact) mass is 421 g/mol. The van der Waals surface area contributed by atoms with Crippen LogP contribution < -0.4 is 15.5 Å². The lowest BCUT2D eigenvalue weighted by atomic mass is 10.0. The van der Waals surface area contributed by atoms with Gasteiger partial charge >= 0.3 is 12.2 Å². The minimum atomic E-state index is -4.43. The van der Waals surface area contributed by atoms with E-state index in [1.165, 1.54) is 13.1 Å². The van der Waals surface area contributed by atoms with E-state index in [9.17, 15) is 22.8 Å². The summed E-state index contributed by atoms with van der Waals surface area (Å²) in [5.41, 5.74) is -0.0418. The van der Waals surface area contributed by atoms with Crippen molar-refractivity contribution in [2.75, 3.05) is 38.1 Å². The first-order valence-electron chi connectivity index (χ1n) is 9.39. The molecule has 3 amide bonds. The molecule has 1 aromatic heterocycles. The second-order valence-corrected chi connectivity index (χ2v) is 6.81. The number of piperazine rings is 1. The van der Waals surface area contributed by atoms with E-state index in [1.807, 2.05) is 40.1 Å². The lowest BCUT2D eigenvalue weighted by Gasteiger charge is -2.39. The van der Waals surface area contributed by atoms with E-state index >= 15 is 0 Å². The Kier molecular flexibility index (Phi) is 6.56. The number of alkyl halides is 3. The molecule has 1 atom stereocenters. The van der Waals surface area contributed by atoms with Gasteiger partial charge in [-0.3, -0.25) is 15.0 Å². The number of nitrogens with one attached hydrogen (secondary N) is 2. The zero-order valence-corrected chi connectivity index (χ0v) is 16.3. The summed E-state index contributed by atoms with van der Waals surface area (Å²) in [6.07, 6.45) is -3.60. The van der Waals surface area contributed by atoms with E-state index in [4.69, 9.17) is 0 Å². The molecule has 0 bridgehead atoms. The molecule has 1 fully saturated rings. The average Bonchev–Trinajstić information content (AvgIpc) is 2.74. The van der Waals surface area contributed by atoms with Gasteiger partial charge in [-0.25, -0.2) is 9.78 Å².